The molecule has 0 unspecified atom stereocenters. The topological polar surface area (TPSA) is 108 Å². The molecule has 1 aromatic carbocycles. The summed E-state index contributed by atoms with van der Waals surface area (Å²) in [5, 5.41) is 20.3. The van der Waals surface area contributed by atoms with Gasteiger partial charge in [-0.2, -0.15) is 0 Å². The minimum Gasteiger partial charge on any atom is -0.441 e. The Morgan fingerprint density at radius 2 is 2.08 bits per heavy atom. The van der Waals surface area contributed by atoms with Gasteiger partial charge in [0.2, 0.25) is 5.91 Å². The van der Waals surface area contributed by atoms with Crippen molar-refractivity contribution in [2.45, 2.75) is 24.9 Å². The first-order chi connectivity index (χ1) is 12.4. The normalized spacial score (nSPS) is 20.3. The minimum atomic E-state index is -2.11. The molecule has 3 N–H and O–H groups in total. The van der Waals surface area contributed by atoms with Crippen molar-refractivity contribution in [1.82, 2.24) is 10.2 Å². The molecule has 10 heteroatoms. The largest absolute Gasteiger partial charge is 0.635 e. The third-order valence-electron chi connectivity index (χ3n) is 3.77. The van der Waals surface area contributed by atoms with Crippen LogP contribution in [0.4, 0.5) is 9.18 Å². The second kappa shape index (κ2) is 9.32. The summed E-state index contributed by atoms with van der Waals surface area (Å²) >= 11 is 0. The van der Waals surface area contributed by atoms with E-state index in [0.717, 1.165) is 11.6 Å². The Bertz CT molecular complexity index is 632. The molecule has 0 saturated carbocycles. The van der Waals surface area contributed by atoms with E-state index in [9.17, 15) is 14.0 Å². The summed E-state index contributed by atoms with van der Waals surface area (Å²) in [5.41, 5.74) is 0.769. The Morgan fingerprint density at radius 1 is 1.38 bits per heavy atom. The summed E-state index contributed by atoms with van der Waals surface area (Å²) in [5.74, 6) is -0.451. The van der Waals surface area contributed by atoms with Crippen LogP contribution in [0.2, 0.25) is 0 Å². The highest BCUT2D eigenvalue weighted by atomic mass is 19.1. The maximum atomic E-state index is 13.9. The highest BCUT2D eigenvalue weighted by molar-refractivity contribution is 6.32. The zero-order valence-corrected chi connectivity index (χ0v) is 14.0. The summed E-state index contributed by atoms with van der Waals surface area (Å²) in [6, 6.07) is 8.88. The first kappa shape index (κ1) is 19.9. The number of ether oxygens (including phenoxy) is 1. The summed E-state index contributed by atoms with van der Waals surface area (Å²) in [6.45, 7) is 3.04. The highest BCUT2D eigenvalue weighted by Gasteiger charge is 2.37. The van der Waals surface area contributed by atoms with E-state index in [4.69, 9.17) is 19.4 Å². The van der Waals surface area contributed by atoms with Gasteiger partial charge in [0.25, 0.3) is 0 Å². The van der Waals surface area contributed by atoms with Gasteiger partial charge in [-0.15, -0.1) is 0 Å². The number of alkyl halides is 1. The van der Waals surface area contributed by atoms with Crippen LogP contribution < -0.4 is 5.32 Å². The standard InChI is InChI=1S/C16H20BFN2O6/c1-2-15(21)20-9-12(18)13(10-20)25-16(22)19-14(26-17(23)24)8-11-6-4-3-5-7-11/h2-7,12-14,23-24H,1,8-10H2,(H,19,22)/t12-,13-,14+/m0/s1. The number of alkyl carbamates (subject to hydrolysis) is 1. The van der Waals surface area contributed by atoms with Crippen molar-refractivity contribution in [3.8, 4) is 0 Å². The van der Waals surface area contributed by atoms with Crippen LogP contribution in [-0.4, -0.2) is 65.9 Å². The van der Waals surface area contributed by atoms with Gasteiger partial charge in [-0.05, 0) is 11.6 Å². The Labute approximate surface area is 150 Å². The predicted octanol–water partition coefficient (Wildman–Crippen LogP) is 0.00240. The fourth-order valence-electron chi connectivity index (χ4n) is 2.57. The van der Waals surface area contributed by atoms with Crippen LogP contribution in [0.25, 0.3) is 0 Å². The van der Waals surface area contributed by atoms with E-state index in [1.54, 1.807) is 30.3 Å². The first-order valence-electron chi connectivity index (χ1n) is 7.97. The van der Waals surface area contributed by atoms with Crippen LogP contribution in [0.5, 0.6) is 0 Å². The molecule has 0 radical (unpaired) electrons. The van der Waals surface area contributed by atoms with Gasteiger partial charge in [0.1, 0.15) is 6.23 Å². The van der Waals surface area contributed by atoms with E-state index in [2.05, 4.69) is 11.9 Å². The van der Waals surface area contributed by atoms with E-state index in [0.29, 0.717) is 0 Å². The van der Waals surface area contributed by atoms with Crippen LogP contribution >= 0.6 is 0 Å². The molecule has 0 aromatic heterocycles. The Balaban J connectivity index is 1.92. The molecular formula is C16H20BFN2O6. The molecule has 2 rings (SSSR count). The maximum Gasteiger partial charge on any atom is 0.635 e. The van der Waals surface area contributed by atoms with Crippen LogP contribution in [0.1, 0.15) is 5.56 Å². The summed E-state index contributed by atoms with van der Waals surface area (Å²) in [6.07, 6.45) is -3.56. The highest BCUT2D eigenvalue weighted by Crippen LogP contribution is 2.17. The average molecular weight is 366 g/mol. The molecule has 0 aliphatic carbocycles. The van der Waals surface area contributed by atoms with E-state index >= 15 is 0 Å². The molecule has 8 nitrogen and oxygen atoms in total. The van der Waals surface area contributed by atoms with Gasteiger partial charge in [-0.25, -0.2) is 9.18 Å². The van der Waals surface area contributed by atoms with Gasteiger partial charge in [-0.1, -0.05) is 36.9 Å². The zero-order valence-electron chi connectivity index (χ0n) is 14.0. The first-order valence-corrected chi connectivity index (χ1v) is 7.97. The predicted molar refractivity (Wildman–Crippen MR) is 90.3 cm³/mol. The van der Waals surface area contributed by atoms with Gasteiger partial charge in [-0.3, -0.25) is 10.1 Å². The lowest BCUT2D eigenvalue weighted by Gasteiger charge is -2.21. The van der Waals surface area contributed by atoms with Crippen LogP contribution in [-0.2, 0) is 20.6 Å². The van der Waals surface area contributed by atoms with Gasteiger partial charge < -0.3 is 24.3 Å². The van der Waals surface area contributed by atoms with E-state index in [-0.39, 0.29) is 19.5 Å². The summed E-state index contributed by atoms with van der Waals surface area (Å²) in [7, 11) is -2.11. The molecule has 1 aliphatic rings. The number of nitrogens with one attached hydrogen (secondary N) is 1. The number of likely N-dealkylation sites (tertiary alicyclic amines) is 1. The fraction of sp³-hybridized carbons (Fsp3) is 0.375. The van der Waals surface area contributed by atoms with Crippen molar-refractivity contribution < 1.29 is 33.4 Å². The smallest absolute Gasteiger partial charge is 0.441 e. The molecule has 3 atom stereocenters. The summed E-state index contributed by atoms with van der Waals surface area (Å²) in [4.78, 5) is 24.7. The number of rotatable bonds is 7. The van der Waals surface area contributed by atoms with Gasteiger partial charge in [0.15, 0.2) is 12.3 Å². The van der Waals surface area contributed by atoms with Crippen molar-refractivity contribution in [2.75, 3.05) is 13.1 Å². The minimum absolute atomic E-state index is 0.0910. The monoisotopic (exact) mass is 366 g/mol. The second-order valence-corrected chi connectivity index (χ2v) is 5.69. The van der Waals surface area contributed by atoms with Crippen molar-refractivity contribution in [1.29, 1.82) is 0 Å². The molecule has 1 aliphatic heterocycles. The molecule has 0 spiro atoms. The zero-order chi connectivity index (χ0) is 19.1. The molecular weight excluding hydrogens is 346 g/mol. The van der Waals surface area contributed by atoms with Crippen molar-refractivity contribution in [3.05, 3.63) is 48.6 Å². The quantitative estimate of drug-likeness (QED) is 0.356. The third-order valence-corrected chi connectivity index (χ3v) is 3.77. The lowest BCUT2D eigenvalue weighted by molar-refractivity contribution is -0.125. The Kier molecular flexibility index (Phi) is 7.13. The molecule has 140 valence electrons. The van der Waals surface area contributed by atoms with Gasteiger partial charge in [0.05, 0.1) is 13.1 Å². The molecule has 1 aromatic rings. The van der Waals surface area contributed by atoms with Crippen molar-refractivity contribution in [3.63, 3.8) is 0 Å². The SMILES string of the molecule is C=CC(=O)N1C[C@H](OC(=O)N[C@@H](Cc2ccccc2)OB(O)O)[C@@H](F)C1. The second-order valence-electron chi connectivity index (χ2n) is 5.69. The molecule has 0 bridgehead atoms. The lowest BCUT2D eigenvalue weighted by atomic mass is 10.1. The summed E-state index contributed by atoms with van der Waals surface area (Å²) < 4.78 is 23.8. The van der Waals surface area contributed by atoms with E-state index in [1.807, 2.05) is 0 Å². The number of benzene rings is 1. The van der Waals surface area contributed by atoms with Gasteiger partial charge >= 0.3 is 13.4 Å². The molecule has 1 fully saturated rings. The third kappa shape index (κ3) is 5.83. The number of carbonyl (C=O) groups excluding carboxylic acids is 2. The number of amides is 2. The van der Waals surface area contributed by atoms with Crippen LogP contribution in [0.15, 0.2) is 43.0 Å². The molecule has 1 heterocycles. The maximum absolute atomic E-state index is 13.9. The molecule has 2 amide bonds. The van der Waals surface area contributed by atoms with Crippen molar-refractivity contribution >= 4 is 19.3 Å². The number of hydrogen-bond acceptors (Lipinski definition) is 6. The Morgan fingerprint density at radius 3 is 2.69 bits per heavy atom. The average Bonchev–Trinajstić information content (AvgIpc) is 2.95. The lowest BCUT2D eigenvalue weighted by Crippen LogP contribution is -2.44. The number of nitrogens with zero attached hydrogens (tertiary/aromatic N) is 1. The fourth-order valence-corrected chi connectivity index (χ4v) is 2.57. The number of hydrogen-bond donors (Lipinski definition) is 3. The van der Waals surface area contributed by atoms with Crippen LogP contribution in [0, 0.1) is 0 Å². The number of carbonyl (C=O) groups is 2. The van der Waals surface area contributed by atoms with Crippen molar-refractivity contribution in [2.24, 2.45) is 0 Å². The molecule has 26 heavy (non-hydrogen) atoms. The van der Waals surface area contributed by atoms with Gasteiger partial charge in [0, 0.05) is 6.42 Å². The van der Waals surface area contributed by atoms with E-state index in [1.165, 1.54) is 4.90 Å². The van der Waals surface area contributed by atoms with Crippen LogP contribution in [0.3, 0.4) is 0 Å². The van der Waals surface area contributed by atoms with E-state index < -0.39 is 37.8 Å². The number of halogens is 1. The molecule has 1 saturated heterocycles. The Hall–Kier alpha value is -2.43.